The molecule has 5 heteroatoms. The van der Waals surface area contributed by atoms with E-state index in [0.29, 0.717) is 6.54 Å². The number of aromatic nitrogens is 2. The summed E-state index contributed by atoms with van der Waals surface area (Å²) in [5.74, 6) is 0.0825. The van der Waals surface area contributed by atoms with E-state index in [1.165, 1.54) is 0 Å². The van der Waals surface area contributed by atoms with Crippen molar-refractivity contribution in [3.63, 3.8) is 0 Å². The molecule has 2 rings (SSSR count). The summed E-state index contributed by atoms with van der Waals surface area (Å²) in [5.41, 5.74) is 2.25. The molecule has 2 heterocycles. The molecule has 1 aliphatic rings. The van der Waals surface area contributed by atoms with Crippen molar-refractivity contribution < 1.29 is 4.79 Å². The molecular weight excluding hydrogens is 276 g/mol. The summed E-state index contributed by atoms with van der Waals surface area (Å²) in [6.45, 7) is 10.8. The predicted octanol–water partition coefficient (Wildman–Crippen LogP) is 2.20. The summed E-state index contributed by atoms with van der Waals surface area (Å²) < 4.78 is 2.05. The van der Waals surface area contributed by atoms with Gasteiger partial charge in [0.15, 0.2) is 0 Å². The highest BCUT2D eigenvalue weighted by Crippen LogP contribution is 2.29. The Morgan fingerprint density at radius 3 is 2.68 bits per heavy atom. The number of hydrogen-bond acceptors (Lipinski definition) is 3. The molecule has 1 aromatic rings. The first-order valence-electron chi connectivity index (χ1n) is 7.90. The first kappa shape index (κ1) is 16.7. The molecule has 1 aliphatic heterocycles. The Balaban J connectivity index is 2.14. The number of carbonyl (C=O) groups excluding carboxylic acids is 1. The van der Waals surface area contributed by atoms with Crippen LogP contribution < -0.4 is 0 Å². The van der Waals surface area contributed by atoms with E-state index in [4.69, 9.17) is 5.10 Å². The summed E-state index contributed by atoms with van der Waals surface area (Å²) in [5, 5.41) is 4.71. The molecule has 0 aliphatic carbocycles. The summed E-state index contributed by atoms with van der Waals surface area (Å²) in [6, 6.07) is 2.21. The maximum Gasteiger partial charge on any atom is 0.246 e. The molecule has 1 atom stereocenters. The van der Waals surface area contributed by atoms with Gasteiger partial charge in [-0.1, -0.05) is 26.8 Å². The fraction of sp³-hybridized carbons (Fsp3) is 0.647. The molecule has 1 aromatic heterocycles. The summed E-state index contributed by atoms with van der Waals surface area (Å²) in [7, 11) is 3.98. The molecule has 1 unspecified atom stereocenters. The van der Waals surface area contributed by atoms with E-state index in [9.17, 15) is 4.79 Å². The second kappa shape index (κ2) is 6.24. The third-order valence-electron chi connectivity index (χ3n) is 4.04. The van der Waals surface area contributed by atoms with Crippen molar-refractivity contribution in [2.24, 2.45) is 0 Å². The predicted molar refractivity (Wildman–Crippen MR) is 88.7 cm³/mol. The van der Waals surface area contributed by atoms with E-state index >= 15 is 0 Å². The van der Waals surface area contributed by atoms with Crippen molar-refractivity contribution >= 4 is 5.91 Å². The van der Waals surface area contributed by atoms with Crippen molar-refractivity contribution in [2.45, 2.75) is 45.7 Å². The molecule has 5 nitrogen and oxygen atoms in total. The number of amides is 1. The summed E-state index contributed by atoms with van der Waals surface area (Å²) >= 11 is 0. The van der Waals surface area contributed by atoms with Gasteiger partial charge in [0.1, 0.15) is 0 Å². The fourth-order valence-corrected chi connectivity index (χ4v) is 2.63. The minimum absolute atomic E-state index is 0.0323. The van der Waals surface area contributed by atoms with Crippen molar-refractivity contribution in [1.82, 2.24) is 19.6 Å². The van der Waals surface area contributed by atoms with Crippen LogP contribution in [0, 0.1) is 0 Å². The highest BCUT2D eigenvalue weighted by Gasteiger charge is 2.30. The van der Waals surface area contributed by atoms with E-state index in [1.54, 1.807) is 6.08 Å². The molecule has 0 bridgehead atoms. The largest absolute Gasteiger partial charge is 0.329 e. The lowest BCUT2D eigenvalue weighted by molar-refractivity contribution is -0.129. The van der Waals surface area contributed by atoms with E-state index in [1.807, 2.05) is 30.0 Å². The van der Waals surface area contributed by atoms with E-state index in [-0.39, 0.29) is 17.4 Å². The Kier molecular flexibility index (Phi) is 4.75. The number of fused-ring (bicyclic) bond motifs is 1. The first-order chi connectivity index (χ1) is 10.2. The van der Waals surface area contributed by atoms with Crippen LogP contribution in [0.4, 0.5) is 0 Å². The Hall–Kier alpha value is -1.62. The molecule has 122 valence electrons. The van der Waals surface area contributed by atoms with Crippen LogP contribution in [-0.4, -0.2) is 52.7 Å². The van der Waals surface area contributed by atoms with Crippen molar-refractivity contribution in [1.29, 1.82) is 0 Å². The highest BCUT2D eigenvalue weighted by molar-refractivity contribution is 5.88. The van der Waals surface area contributed by atoms with E-state index in [2.05, 4.69) is 38.4 Å². The smallest absolute Gasteiger partial charge is 0.246 e. The number of carbonyl (C=O) groups is 1. The summed E-state index contributed by atoms with van der Waals surface area (Å²) in [6.07, 6.45) is 3.61. The Morgan fingerprint density at radius 2 is 2.09 bits per heavy atom. The second-order valence-corrected chi connectivity index (χ2v) is 7.30. The normalized spacial score (nSPS) is 19.0. The number of nitrogens with zero attached hydrogens (tertiary/aromatic N) is 4. The van der Waals surface area contributed by atoms with Crippen LogP contribution in [-0.2, 0) is 16.8 Å². The molecule has 0 aromatic carbocycles. The fourth-order valence-electron chi connectivity index (χ4n) is 2.63. The number of hydrogen-bond donors (Lipinski definition) is 0. The van der Waals surface area contributed by atoms with Gasteiger partial charge in [0.05, 0.1) is 24.0 Å². The molecule has 0 saturated heterocycles. The third kappa shape index (κ3) is 3.58. The topological polar surface area (TPSA) is 41.4 Å². The average Bonchev–Trinajstić information content (AvgIpc) is 2.83. The third-order valence-corrected chi connectivity index (χ3v) is 4.04. The molecule has 22 heavy (non-hydrogen) atoms. The Labute approximate surface area is 133 Å². The Morgan fingerprint density at radius 1 is 1.41 bits per heavy atom. The minimum atomic E-state index is 0.0323. The van der Waals surface area contributed by atoms with Crippen molar-refractivity contribution in [2.75, 3.05) is 27.2 Å². The van der Waals surface area contributed by atoms with Crippen molar-refractivity contribution in [3.05, 3.63) is 29.6 Å². The lowest BCUT2D eigenvalue weighted by Gasteiger charge is -2.33. The second-order valence-electron chi connectivity index (χ2n) is 7.30. The molecular formula is C17H28N4O. The van der Waals surface area contributed by atoms with Gasteiger partial charge in [-0.15, -0.1) is 0 Å². The molecule has 0 N–H and O–H groups in total. The van der Waals surface area contributed by atoms with Crippen LogP contribution in [0.1, 0.15) is 45.1 Å². The summed E-state index contributed by atoms with van der Waals surface area (Å²) in [4.78, 5) is 16.4. The van der Waals surface area contributed by atoms with Gasteiger partial charge in [0, 0.05) is 24.6 Å². The van der Waals surface area contributed by atoms with Gasteiger partial charge in [-0.3, -0.25) is 9.48 Å². The maximum atomic E-state index is 12.4. The van der Waals surface area contributed by atoms with Gasteiger partial charge in [-0.05, 0) is 27.1 Å². The zero-order valence-electron chi connectivity index (χ0n) is 14.6. The first-order valence-corrected chi connectivity index (χ1v) is 7.90. The zero-order valence-corrected chi connectivity index (χ0v) is 14.6. The van der Waals surface area contributed by atoms with Crippen LogP contribution >= 0.6 is 0 Å². The van der Waals surface area contributed by atoms with Crippen LogP contribution in [0.2, 0.25) is 0 Å². The van der Waals surface area contributed by atoms with Gasteiger partial charge < -0.3 is 9.80 Å². The van der Waals surface area contributed by atoms with Crippen molar-refractivity contribution in [3.8, 4) is 0 Å². The van der Waals surface area contributed by atoms with Gasteiger partial charge in [-0.2, -0.15) is 5.10 Å². The maximum absolute atomic E-state index is 12.4. The SMILES string of the molecule is CC1c2cc(C(C)(C)C)nn2CCN1C(=O)/C=C/CN(C)C. The molecule has 1 amide bonds. The lowest BCUT2D eigenvalue weighted by atomic mass is 9.92. The average molecular weight is 304 g/mol. The highest BCUT2D eigenvalue weighted by atomic mass is 16.2. The zero-order chi connectivity index (χ0) is 16.5. The molecule has 0 fully saturated rings. The number of rotatable bonds is 3. The van der Waals surface area contributed by atoms with E-state index < -0.39 is 0 Å². The monoisotopic (exact) mass is 304 g/mol. The van der Waals surface area contributed by atoms with Crippen LogP contribution in [0.15, 0.2) is 18.2 Å². The van der Waals surface area contributed by atoms with Crippen LogP contribution in [0.5, 0.6) is 0 Å². The van der Waals surface area contributed by atoms with Gasteiger partial charge in [0.2, 0.25) is 5.91 Å². The molecule has 0 spiro atoms. The van der Waals surface area contributed by atoms with Gasteiger partial charge >= 0.3 is 0 Å². The standard InChI is InChI=1S/C17H28N4O/c1-13-14-12-15(17(2,3)4)18-21(14)11-10-20(13)16(22)8-7-9-19(5)6/h7-8,12-13H,9-11H2,1-6H3/b8-7+. The van der Waals surface area contributed by atoms with Gasteiger partial charge in [-0.25, -0.2) is 0 Å². The number of likely N-dealkylation sites (N-methyl/N-ethyl adjacent to an activating group) is 1. The quantitative estimate of drug-likeness (QED) is 0.804. The van der Waals surface area contributed by atoms with Gasteiger partial charge in [0.25, 0.3) is 0 Å². The van der Waals surface area contributed by atoms with Crippen LogP contribution in [0.25, 0.3) is 0 Å². The van der Waals surface area contributed by atoms with Crippen LogP contribution in [0.3, 0.4) is 0 Å². The lowest BCUT2D eigenvalue weighted by Crippen LogP contribution is -2.40. The molecule has 0 saturated carbocycles. The minimum Gasteiger partial charge on any atom is -0.329 e. The van der Waals surface area contributed by atoms with E-state index in [0.717, 1.165) is 24.5 Å². The molecule has 0 radical (unpaired) electrons. The Bertz CT molecular complexity index is 566.